The summed E-state index contributed by atoms with van der Waals surface area (Å²) in [6.45, 7) is 4.09. The number of amides is 1. The van der Waals surface area contributed by atoms with Crippen molar-refractivity contribution in [3.8, 4) is 0 Å². The van der Waals surface area contributed by atoms with Gasteiger partial charge in [-0.25, -0.2) is 0 Å². The van der Waals surface area contributed by atoms with Crippen molar-refractivity contribution in [3.05, 3.63) is 0 Å². The van der Waals surface area contributed by atoms with Crippen molar-refractivity contribution < 1.29 is 9.90 Å². The molecule has 1 saturated carbocycles. The van der Waals surface area contributed by atoms with E-state index in [2.05, 4.69) is 12.2 Å². The minimum Gasteiger partial charge on any atom is -0.394 e. The Hall–Kier alpha value is -0.570. The third-order valence-electron chi connectivity index (χ3n) is 2.71. The number of aliphatic hydroxyl groups excluding tert-OH is 1. The van der Waals surface area contributed by atoms with Gasteiger partial charge in [-0.2, -0.15) is 0 Å². The summed E-state index contributed by atoms with van der Waals surface area (Å²) in [4.78, 5) is 11.5. The van der Waals surface area contributed by atoms with Crippen LogP contribution in [0.2, 0.25) is 0 Å². The third-order valence-corrected chi connectivity index (χ3v) is 2.71. The first-order valence-corrected chi connectivity index (χ1v) is 5.06. The summed E-state index contributed by atoms with van der Waals surface area (Å²) in [6, 6.07) is 0. The van der Waals surface area contributed by atoms with Gasteiger partial charge in [0.25, 0.3) is 0 Å². The van der Waals surface area contributed by atoms with E-state index >= 15 is 0 Å². The van der Waals surface area contributed by atoms with Crippen LogP contribution in [-0.4, -0.2) is 23.2 Å². The molecule has 3 heteroatoms. The van der Waals surface area contributed by atoms with Gasteiger partial charge in [-0.05, 0) is 19.3 Å². The van der Waals surface area contributed by atoms with Crippen molar-refractivity contribution in [2.45, 2.75) is 45.1 Å². The molecule has 1 atom stereocenters. The molecule has 0 heterocycles. The van der Waals surface area contributed by atoms with Crippen molar-refractivity contribution in [3.63, 3.8) is 0 Å². The molecule has 2 N–H and O–H groups in total. The topological polar surface area (TPSA) is 49.3 Å². The first-order valence-electron chi connectivity index (χ1n) is 5.06. The Balaban J connectivity index is 2.32. The molecule has 0 aliphatic heterocycles. The van der Waals surface area contributed by atoms with Gasteiger partial charge in [0.15, 0.2) is 0 Å². The molecule has 0 aromatic carbocycles. The first kappa shape index (κ1) is 10.5. The molecule has 3 nitrogen and oxygen atoms in total. The van der Waals surface area contributed by atoms with Crippen molar-refractivity contribution >= 4 is 5.91 Å². The molecule has 0 spiro atoms. The van der Waals surface area contributed by atoms with Crippen LogP contribution in [0.4, 0.5) is 0 Å². The number of hydrogen-bond donors (Lipinski definition) is 2. The molecule has 0 radical (unpaired) electrons. The highest BCUT2D eigenvalue weighted by atomic mass is 16.3. The van der Waals surface area contributed by atoms with Gasteiger partial charge in [-0.3, -0.25) is 4.79 Å². The fourth-order valence-corrected chi connectivity index (χ4v) is 1.42. The summed E-state index contributed by atoms with van der Waals surface area (Å²) in [5.41, 5.74) is -0.251. The summed E-state index contributed by atoms with van der Waals surface area (Å²) in [6.07, 6.45) is 3.80. The van der Waals surface area contributed by atoms with Gasteiger partial charge in [0.2, 0.25) is 5.91 Å². The monoisotopic (exact) mass is 185 g/mol. The summed E-state index contributed by atoms with van der Waals surface area (Å²) in [7, 11) is 0. The number of nitrogens with one attached hydrogen (secondary N) is 1. The summed E-state index contributed by atoms with van der Waals surface area (Å²) in [5, 5.41) is 11.9. The van der Waals surface area contributed by atoms with E-state index in [0.29, 0.717) is 0 Å². The van der Waals surface area contributed by atoms with Crippen LogP contribution in [0.1, 0.15) is 39.5 Å². The second kappa shape index (κ2) is 4.09. The third kappa shape index (κ3) is 2.69. The van der Waals surface area contributed by atoms with Crippen LogP contribution in [0.3, 0.4) is 0 Å². The molecular weight excluding hydrogens is 166 g/mol. The van der Waals surface area contributed by atoms with E-state index in [1.165, 1.54) is 0 Å². The van der Waals surface area contributed by atoms with E-state index in [9.17, 15) is 4.79 Å². The van der Waals surface area contributed by atoms with Gasteiger partial charge in [0.1, 0.15) is 0 Å². The van der Waals surface area contributed by atoms with Gasteiger partial charge >= 0.3 is 0 Å². The molecular formula is C10H19NO2. The molecule has 0 aromatic rings. The van der Waals surface area contributed by atoms with Crippen molar-refractivity contribution in [2.24, 2.45) is 5.92 Å². The molecule has 1 rings (SSSR count). The molecule has 1 aliphatic carbocycles. The van der Waals surface area contributed by atoms with Crippen LogP contribution in [0.25, 0.3) is 0 Å². The second-order valence-corrected chi connectivity index (χ2v) is 4.12. The van der Waals surface area contributed by atoms with Gasteiger partial charge in [-0.15, -0.1) is 0 Å². The largest absolute Gasteiger partial charge is 0.394 e. The van der Waals surface area contributed by atoms with Crippen molar-refractivity contribution in [1.82, 2.24) is 5.32 Å². The maximum Gasteiger partial charge on any atom is 0.223 e. The molecule has 1 aliphatic rings. The first-order chi connectivity index (χ1) is 6.13. The lowest BCUT2D eigenvalue weighted by Gasteiger charge is -2.17. The molecule has 0 saturated heterocycles. The SMILES string of the molecule is CCCC(C)C(=O)NC1(CO)CC1. The highest BCUT2D eigenvalue weighted by Crippen LogP contribution is 2.34. The van der Waals surface area contributed by atoms with Crippen LogP contribution in [-0.2, 0) is 4.79 Å². The maximum absolute atomic E-state index is 11.5. The van der Waals surface area contributed by atoms with E-state index in [1.54, 1.807) is 0 Å². The predicted octanol–water partition coefficient (Wildman–Crippen LogP) is 1.06. The van der Waals surface area contributed by atoms with Crippen LogP contribution in [0, 0.1) is 5.92 Å². The van der Waals surface area contributed by atoms with Crippen LogP contribution in [0.5, 0.6) is 0 Å². The van der Waals surface area contributed by atoms with Crippen LogP contribution in [0.15, 0.2) is 0 Å². The maximum atomic E-state index is 11.5. The number of rotatable bonds is 5. The van der Waals surface area contributed by atoms with E-state index in [0.717, 1.165) is 25.7 Å². The average molecular weight is 185 g/mol. The van der Waals surface area contributed by atoms with Crippen LogP contribution >= 0.6 is 0 Å². The zero-order chi connectivity index (χ0) is 9.90. The van der Waals surface area contributed by atoms with E-state index in [-0.39, 0.29) is 24.0 Å². The second-order valence-electron chi connectivity index (χ2n) is 4.12. The number of carbonyl (C=O) groups excluding carboxylic acids is 1. The molecule has 1 amide bonds. The lowest BCUT2D eigenvalue weighted by Crippen LogP contribution is -2.42. The summed E-state index contributed by atoms with van der Waals surface area (Å²) < 4.78 is 0. The average Bonchev–Trinajstić information content (AvgIpc) is 2.86. The lowest BCUT2D eigenvalue weighted by molar-refractivity contribution is -0.126. The lowest BCUT2D eigenvalue weighted by atomic mass is 10.0. The molecule has 1 unspecified atom stereocenters. The minimum absolute atomic E-state index is 0.0778. The number of hydrogen-bond acceptors (Lipinski definition) is 2. The molecule has 13 heavy (non-hydrogen) atoms. The minimum atomic E-state index is -0.251. The van der Waals surface area contributed by atoms with E-state index in [1.807, 2.05) is 6.92 Å². The van der Waals surface area contributed by atoms with Crippen LogP contribution < -0.4 is 5.32 Å². The predicted molar refractivity (Wildman–Crippen MR) is 51.3 cm³/mol. The summed E-state index contributed by atoms with van der Waals surface area (Å²) >= 11 is 0. The molecule has 76 valence electrons. The van der Waals surface area contributed by atoms with Gasteiger partial charge < -0.3 is 10.4 Å². The zero-order valence-electron chi connectivity index (χ0n) is 8.47. The Labute approximate surface area is 79.5 Å². The Morgan fingerprint density at radius 2 is 2.23 bits per heavy atom. The van der Waals surface area contributed by atoms with Gasteiger partial charge in [0.05, 0.1) is 12.1 Å². The van der Waals surface area contributed by atoms with Gasteiger partial charge in [-0.1, -0.05) is 20.3 Å². The van der Waals surface area contributed by atoms with Crippen molar-refractivity contribution in [2.75, 3.05) is 6.61 Å². The Kier molecular flexibility index (Phi) is 3.31. The van der Waals surface area contributed by atoms with E-state index in [4.69, 9.17) is 5.11 Å². The molecule has 1 fully saturated rings. The molecule has 0 bridgehead atoms. The van der Waals surface area contributed by atoms with Gasteiger partial charge in [0, 0.05) is 5.92 Å². The quantitative estimate of drug-likeness (QED) is 0.673. The highest BCUT2D eigenvalue weighted by molar-refractivity contribution is 5.79. The highest BCUT2D eigenvalue weighted by Gasteiger charge is 2.43. The smallest absolute Gasteiger partial charge is 0.223 e. The fourth-order valence-electron chi connectivity index (χ4n) is 1.42. The summed E-state index contributed by atoms with van der Waals surface area (Å²) in [5.74, 6) is 0.169. The Morgan fingerprint density at radius 3 is 2.62 bits per heavy atom. The zero-order valence-corrected chi connectivity index (χ0v) is 8.47. The standard InChI is InChI=1S/C10H19NO2/c1-3-4-8(2)9(13)11-10(7-12)5-6-10/h8,12H,3-7H2,1-2H3,(H,11,13). The Bertz CT molecular complexity index is 187. The molecule has 0 aromatic heterocycles. The fraction of sp³-hybridized carbons (Fsp3) is 0.900. The number of aliphatic hydroxyl groups is 1. The Morgan fingerprint density at radius 1 is 1.62 bits per heavy atom. The van der Waals surface area contributed by atoms with Crippen molar-refractivity contribution in [1.29, 1.82) is 0 Å². The van der Waals surface area contributed by atoms with E-state index < -0.39 is 0 Å². The normalized spacial score (nSPS) is 20.8. The number of carbonyl (C=O) groups is 1.